The molecule has 7 heteroatoms. The second kappa shape index (κ2) is 3.55. The van der Waals surface area contributed by atoms with Crippen LogP contribution < -0.4 is 14.2 Å². The Morgan fingerprint density at radius 3 is 2.15 bits per heavy atom. The van der Waals surface area contributed by atoms with E-state index in [0.29, 0.717) is 10.5 Å². The summed E-state index contributed by atoms with van der Waals surface area (Å²) >= 11 is 0. The molecule has 0 saturated heterocycles. The van der Waals surface area contributed by atoms with Crippen LogP contribution in [0.15, 0.2) is 24.5 Å². The maximum atomic E-state index is 11.7. The molecule has 0 aliphatic rings. The Morgan fingerprint density at radius 1 is 1.23 bits per heavy atom. The highest BCUT2D eigenvalue weighted by molar-refractivity contribution is 6.50. The van der Waals surface area contributed by atoms with E-state index in [1.165, 1.54) is 19.2 Å². The molecule has 0 fully saturated rings. The van der Waals surface area contributed by atoms with Crippen molar-refractivity contribution in [1.82, 2.24) is 0 Å². The van der Waals surface area contributed by atoms with Gasteiger partial charge < -0.3 is 22.4 Å². The number of ether oxygens (including phenoxy) is 1. The molecule has 1 rings (SSSR count). The van der Waals surface area contributed by atoms with Gasteiger partial charge in [-0.2, -0.15) is 0 Å². The molecule has 1 aromatic heterocycles. The zero-order chi connectivity index (χ0) is 9.90. The topological polar surface area (TPSA) is 22.3 Å². The predicted octanol–water partition coefficient (Wildman–Crippen LogP) is 0.755. The molecule has 0 radical (unpaired) electrons. The van der Waals surface area contributed by atoms with Crippen molar-refractivity contribution < 1.29 is 27.2 Å². The molecular weight excluding hydrogens is 186 g/mol. The molecule has 3 nitrogen and oxygen atoms in total. The van der Waals surface area contributed by atoms with Gasteiger partial charge in [-0.25, -0.2) is 0 Å². The third-order valence-electron chi connectivity index (χ3n) is 1.25. The summed E-state index contributed by atoms with van der Waals surface area (Å²) in [7, 11) is -3.85. The van der Waals surface area contributed by atoms with E-state index in [1.807, 2.05) is 0 Å². The minimum absolute atomic E-state index is 0.467. The van der Waals surface area contributed by atoms with E-state index in [4.69, 9.17) is 4.74 Å². The van der Waals surface area contributed by atoms with Crippen molar-refractivity contribution in [3.8, 4) is 5.75 Å². The van der Waals surface area contributed by atoms with E-state index in [9.17, 15) is 12.9 Å². The number of pyridine rings is 1. The number of halogens is 3. The first-order valence-corrected chi connectivity index (χ1v) is 3.45. The summed E-state index contributed by atoms with van der Waals surface area (Å²) < 4.78 is 44.1. The highest BCUT2D eigenvalue weighted by Gasteiger charge is 2.33. The average Bonchev–Trinajstić information content (AvgIpc) is 2.03. The molecule has 0 N–H and O–H groups in total. The molecular formula is C6H7BF3NO2. The summed E-state index contributed by atoms with van der Waals surface area (Å²) in [4.78, 5) is 0. The number of hydrogen-bond acceptors (Lipinski definition) is 2. The molecule has 72 valence electrons. The normalized spacial score (nSPS) is 11.1. The van der Waals surface area contributed by atoms with Gasteiger partial charge in [0.25, 0.3) is 0 Å². The number of rotatable bonds is 3. The fourth-order valence-corrected chi connectivity index (χ4v) is 0.743. The minimum atomic E-state index is -5.28. The maximum absolute atomic E-state index is 11.7. The quantitative estimate of drug-likeness (QED) is 0.522. The molecule has 0 aliphatic carbocycles. The molecule has 0 aliphatic heterocycles. The predicted molar refractivity (Wildman–Crippen MR) is 38.8 cm³/mol. The van der Waals surface area contributed by atoms with Crippen LogP contribution in [0.3, 0.4) is 0 Å². The summed E-state index contributed by atoms with van der Waals surface area (Å²) in [6.45, 7) is 0. The van der Waals surface area contributed by atoms with Gasteiger partial charge >= 0.3 is 7.18 Å². The largest absolute Gasteiger partial charge is 0.752 e. The molecule has 0 unspecified atom stereocenters. The van der Waals surface area contributed by atoms with Crippen LogP contribution in [0, 0.1) is 0 Å². The maximum Gasteiger partial charge on any atom is 0.752 e. The SMILES string of the molecule is COc1cc[n+](O[B-](F)(F)F)cc1. The smallest absolute Gasteiger partial charge is 0.496 e. The van der Waals surface area contributed by atoms with Gasteiger partial charge in [0.2, 0.25) is 12.4 Å². The Morgan fingerprint density at radius 2 is 1.77 bits per heavy atom. The molecule has 0 amide bonds. The van der Waals surface area contributed by atoms with Gasteiger partial charge in [0.15, 0.2) is 0 Å². The highest BCUT2D eigenvalue weighted by Crippen LogP contribution is 2.06. The fourth-order valence-electron chi connectivity index (χ4n) is 0.743. The monoisotopic (exact) mass is 193 g/mol. The Labute approximate surface area is 72.7 Å². The average molecular weight is 193 g/mol. The van der Waals surface area contributed by atoms with Gasteiger partial charge in [-0.3, -0.25) is 0 Å². The molecule has 0 atom stereocenters. The molecule has 1 heterocycles. The molecule has 0 aromatic carbocycles. The highest BCUT2D eigenvalue weighted by atomic mass is 19.4. The van der Waals surface area contributed by atoms with Gasteiger partial charge in [-0.1, -0.05) is 0 Å². The van der Waals surface area contributed by atoms with Crippen LogP contribution in [0.4, 0.5) is 12.9 Å². The lowest BCUT2D eigenvalue weighted by molar-refractivity contribution is -0.868. The molecule has 0 bridgehead atoms. The second-order valence-corrected chi connectivity index (χ2v) is 2.22. The Hall–Kier alpha value is -1.40. The van der Waals surface area contributed by atoms with Crippen LogP contribution in [-0.4, -0.2) is 14.3 Å². The van der Waals surface area contributed by atoms with E-state index in [1.54, 1.807) is 0 Å². The summed E-state index contributed by atoms with van der Waals surface area (Å²) in [6, 6.07) is 2.73. The van der Waals surface area contributed by atoms with Gasteiger partial charge in [0.1, 0.15) is 5.75 Å². The van der Waals surface area contributed by atoms with Gasteiger partial charge in [-0.05, 0) is 4.73 Å². The van der Waals surface area contributed by atoms with Crippen molar-refractivity contribution in [3.05, 3.63) is 24.5 Å². The van der Waals surface area contributed by atoms with Crippen molar-refractivity contribution in [2.45, 2.75) is 0 Å². The lowest BCUT2D eigenvalue weighted by atomic mass is 10.3. The van der Waals surface area contributed by atoms with Crippen LogP contribution >= 0.6 is 0 Å². The number of nitrogens with zero attached hydrogens (tertiary/aromatic N) is 1. The van der Waals surface area contributed by atoms with E-state index in [0.717, 1.165) is 12.4 Å². The van der Waals surface area contributed by atoms with E-state index < -0.39 is 7.18 Å². The third-order valence-corrected chi connectivity index (χ3v) is 1.25. The molecule has 0 saturated carbocycles. The zero-order valence-corrected chi connectivity index (χ0v) is 6.78. The fraction of sp³-hybridized carbons (Fsp3) is 0.167. The van der Waals surface area contributed by atoms with Crippen LogP contribution in [-0.2, 0) is 0 Å². The Balaban J connectivity index is 2.70. The Kier molecular flexibility index (Phi) is 2.65. The van der Waals surface area contributed by atoms with Crippen LogP contribution in [0.25, 0.3) is 0 Å². The zero-order valence-electron chi connectivity index (χ0n) is 6.78. The van der Waals surface area contributed by atoms with Gasteiger partial charge in [0, 0.05) is 12.1 Å². The van der Waals surface area contributed by atoms with Crippen molar-refractivity contribution in [2.24, 2.45) is 0 Å². The third kappa shape index (κ3) is 3.22. The van der Waals surface area contributed by atoms with E-state index in [2.05, 4.69) is 4.76 Å². The minimum Gasteiger partial charge on any atom is -0.496 e. The van der Waals surface area contributed by atoms with Crippen LogP contribution in [0.5, 0.6) is 5.75 Å². The first kappa shape index (κ1) is 9.69. The Bertz CT molecular complexity index is 274. The van der Waals surface area contributed by atoms with Gasteiger partial charge in [0.05, 0.1) is 7.11 Å². The number of methoxy groups -OCH3 is 1. The van der Waals surface area contributed by atoms with Crippen molar-refractivity contribution in [2.75, 3.05) is 7.11 Å². The van der Waals surface area contributed by atoms with E-state index >= 15 is 0 Å². The molecule has 1 aromatic rings. The van der Waals surface area contributed by atoms with Crippen molar-refractivity contribution in [1.29, 1.82) is 0 Å². The lowest BCUT2D eigenvalue weighted by Gasteiger charge is -2.09. The second-order valence-electron chi connectivity index (χ2n) is 2.22. The summed E-state index contributed by atoms with van der Waals surface area (Å²) in [5.41, 5.74) is 0. The van der Waals surface area contributed by atoms with Crippen LogP contribution in [0.2, 0.25) is 0 Å². The first-order valence-electron chi connectivity index (χ1n) is 3.45. The summed E-state index contributed by atoms with van der Waals surface area (Å²) in [5.74, 6) is 0.467. The first-order chi connectivity index (χ1) is 6.01. The van der Waals surface area contributed by atoms with E-state index in [-0.39, 0.29) is 0 Å². The number of hydrogen-bond donors (Lipinski definition) is 0. The van der Waals surface area contributed by atoms with Crippen molar-refractivity contribution >= 4 is 7.18 Å². The number of aromatic nitrogens is 1. The van der Waals surface area contributed by atoms with Crippen molar-refractivity contribution in [3.63, 3.8) is 0 Å². The molecule has 13 heavy (non-hydrogen) atoms. The molecule has 0 spiro atoms. The summed E-state index contributed by atoms with van der Waals surface area (Å²) in [5, 5.41) is 0. The lowest BCUT2D eigenvalue weighted by Crippen LogP contribution is -2.52. The van der Waals surface area contributed by atoms with Gasteiger partial charge in [-0.15, -0.1) is 0 Å². The van der Waals surface area contributed by atoms with Crippen LogP contribution in [0.1, 0.15) is 0 Å². The summed E-state index contributed by atoms with van der Waals surface area (Å²) in [6.07, 6.45) is 2.24. The standard InChI is InChI=1S/C6H7BF3NO2/c1-12-6-2-4-11(5-3-6)13-7(8,9)10/h2-5H,1H3.